The minimum absolute atomic E-state index is 0.0164. The molecule has 0 aliphatic carbocycles. The van der Waals surface area contributed by atoms with Crippen LogP contribution in [0.2, 0.25) is 0 Å². The molecule has 4 atom stereocenters. The first kappa shape index (κ1) is 41.3. The lowest BCUT2D eigenvalue weighted by molar-refractivity contribution is -0.142. The van der Waals surface area contributed by atoms with Gasteiger partial charge in [0, 0.05) is 13.1 Å². The highest BCUT2D eigenvalue weighted by Crippen LogP contribution is 2.03. The Bertz CT molecular complexity index is 1200. The lowest BCUT2D eigenvalue weighted by Crippen LogP contribution is -2.56. The first-order valence-electron chi connectivity index (χ1n) is 13.9. The van der Waals surface area contributed by atoms with Crippen LogP contribution < -0.4 is 55.3 Å². The number of carbonyl (C=O) groups is 8. The number of aliphatic imine (C=N–C) groups is 2. The molecule has 0 rings (SSSR count). The van der Waals surface area contributed by atoms with Crippen molar-refractivity contribution in [2.75, 3.05) is 26.2 Å². The Morgan fingerprint density at radius 3 is 1.47 bits per heavy atom. The maximum Gasteiger partial charge on any atom is 0.326 e. The second kappa shape index (κ2) is 21.9. The molecule has 0 aromatic heterocycles. The number of rotatable bonds is 23. The molecular weight excluding hydrogens is 632 g/mol. The highest BCUT2D eigenvalue weighted by atomic mass is 16.4. The highest BCUT2D eigenvalue weighted by Gasteiger charge is 2.29. The minimum Gasteiger partial charge on any atom is -0.481 e. The molecule has 0 heterocycles. The van der Waals surface area contributed by atoms with E-state index in [1.807, 2.05) is 0 Å². The van der Waals surface area contributed by atoms with Crippen molar-refractivity contribution >= 4 is 59.4 Å². The monoisotopic (exact) mass is 674 g/mol. The van der Waals surface area contributed by atoms with Gasteiger partial charge < -0.3 is 70.6 Å². The van der Waals surface area contributed by atoms with E-state index in [9.17, 15) is 48.6 Å². The van der Waals surface area contributed by atoms with E-state index in [0.717, 1.165) is 0 Å². The van der Waals surface area contributed by atoms with Crippen LogP contribution in [0.4, 0.5) is 0 Å². The second-order valence-electron chi connectivity index (χ2n) is 9.78. The van der Waals surface area contributed by atoms with Gasteiger partial charge in [0.15, 0.2) is 11.9 Å². The topological polar surface area (TPSA) is 412 Å². The molecule has 0 aromatic rings. The van der Waals surface area contributed by atoms with Crippen molar-refractivity contribution in [2.45, 2.75) is 62.7 Å². The Balaban J connectivity index is 5.47. The van der Waals surface area contributed by atoms with Gasteiger partial charge in [-0.05, 0) is 25.7 Å². The number of amides is 5. The summed E-state index contributed by atoms with van der Waals surface area (Å²) in [5.74, 6) is -9.68. The summed E-state index contributed by atoms with van der Waals surface area (Å²) in [7, 11) is 0. The summed E-state index contributed by atoms with van der Waals surface area (Å²) >= 11 is 0. The van der Waals surface area contributed by atoms with Crippen LogP contribution in [0.1, 0.15) is 38.5 Å². The van der Waals surface area contributed by atoms with Gasteiger partial charge >= 0.3 is 17.9 Å². The number of carbonyl (C=O) groups excluding carboxylic acids is 5. The van der Waals surface area contributed by atoms with Gasteiger partial charge in [-0.2, -0.15) is 0 Å². The van der Waals surface area contributed by atoms with E-state index in [0.29, 0.717) is 0 Å². The molecule has 0 radical (unpaired) electrons. The van der Waals surface area contributed by atoms with Gasteiger partial charge in [-0.15, -0.1) is 0 Å². The number of nitrogens with zero attached hydrogens (tertiary/aromatic N) is 2. The van der Waals surface area contributed by atoms with Crippen molar-refractivity contribution in [1.82, 2.24) is 26.6 Å². The quantitative estimate of drug-likeness (QED) is 0.0272. The molecule has 18 N–H and O–H groups in total. The lowest BCUT2D eigenvalue weighted by Gasteiger charge is -2.22. The van der Waals surface area contributed by atoms with Gasteiger partial charge in [-0.1, -0.05) is 0 Å². The summed E-state index contributed by atoms with van der Waals surface area (Å²) in [6.45, 7) is -1.39. The Hall–Kier alpha value is -5.74. The summed E-state index contributed by atoms with van der Waals surface area (Å²) in [5, 5.41) is 38.2. The fourth-order valence-electron chi connectivity index (χ4n) is 3.55. The molecule has 0 bridgehead atoms. The molecule has 0 spiro atoms. The number of aliphatic carboxylic acids is 3. The molecule has 0 saturated carbocycles. The Kier molecular flexibility index (Phi) is 19.2. The summed E-state index contributed by atoms with van der Waals surface area (Å²) < 4.78 is 0. The zero-order valence-corrected chi connectivity index (χ0v) is 25.3. The number of carboxylic acids is 3. The Labute approximate surface area is 267 Å². The van der Waals surface area contributed by atoms with Crippen LogP contribution in [0.25, 0.3) is 0 Å². The minimum atomic E-state index is -1.76. The van der Waals surface area contributed by atoms with Gasteiger partial charge in [-0.3, -0.25) is 43.5 Å². The number of carboxylic acid groups (broad SMARTS) is 3. The number of hydrogen-bond acceptors (Lipinski definition) is 11. The molecule has 264 valence electrons. The zero-order chi connectivity index (χ0) is 36.1. The van der Waals surface area contributed by atoms with Crippen molar-refractivity contribution in [3.63, 3.8) is 0 Å². The third kappa shape index (κ3) is 20.0. The van der Waals surface area contributed by atoms with Crippen LogP contribution in [0.3, 0.4) is 0 Å². The molecule has 5 amide bonds. The van der Waals surface area contributed by atoms with Gasteiger partial charge in [0.05, 0.1) is 32.0 Å². The number of hydrogen-bond donors (Lipinski definition) is 13. The van der Waals surface area contributed by atoms with E-state index in [1.165, 1.54) is 0 Å². The molecule has 0 aliphatic heterocycles. The standard InChI is InChI=1S/C24H42N12O11/c25-11(7-17(39)40)19(43)32-9-15(37)34-12(3-1-5-30-23(26)27)21(45)36-14(8-18(41)42)20(44)33-10-16(38)35-13(22(46)47)4-2-6-31-24(28)29/h11-14H,1-10,25H2,(H,32,43)(H,33,44)(H,34,37)(H,35,38)(H,36,45)(H,39,40)(H,41,42)(H,46,47)(H4,26,27,30)(H4,28,29,31)/t11-,12-,13-,14-/m0/s1. The number of guanidine groups is 2. The van der Waals surface area contributed by atoms with E-state index < -0.39 is 97.5 Å². The van der Waals surface area contributed by atoms with Crippen LogP contribution in [-0.2, 0) is 38.4 Å². The lowest BCUT2D eigenvalue weighted by atomic mass is 10.1. The second-order valence-corrected chi connectivity index (χ2v) is 9.78. The van der Waals surface area contributed by atoms with Crippen LogP contribution in [0, 0.1) is 0 Å². The highest BCUT2D eigenvalue weighted by molar-refractivity contribution is 5.96. The fourth-order valence-corrected chi connectivity index (χ4v) is 3.55. The van der Waals surface area contributed by atoms with E-state index in [1.54, 1.807) is 0 Å². The summed E-state index contributed by atoms with van der Waals surface area (Å²) in [5.41, 5.74) is 26.3. The van der Waals surface area contributed by atoms with Gasteiger partial charge in [0.1, 0.15) is 18.1 Å². The van der Waals surface area contributed by atoms with E-state index in [4.69, 9.17) is 33.8 Å². The maximum atomic E-state index is 13.1. The Morgan fingerprint density at radius 1 is 0.574 bits per heavy atom. The Morgan fingerprint density at radius 2 is 1.02 bits per heavy atom. The van der Waals surface area contributed by atoms with Crippen LogP contribution in [0.15, 0.2) is 9.98 Å². The number of nitrogens with one attached hydrogen (secondary N) is 5. The largest absolute Gasteiger partial charge is 0.481 e. The predicted molar refractivity (Wildman–Crippen MR) is 162 cm³/mol. The van der Waals surface area contributed by atoms with Gasteiger partial charge in [-0.25, -0.2) is 4.79 Å². The summed E-state index contributed by atoms with van der Waals surface area (Å²) in [4.78, 5) is 104. The number of nitrogens with two attached hydrogens (primary N) is 5. The molecule has 23 heteroatoms. The summed E-state index contributed by atoms with van der Waals surface area (Å²) in [6.07, 6.45) is -1.54. The van der Waals surface area contributed by atoms with Crippen LogP contribution >= 0.6 is 0 Å². The molecule has 0 aromatic carbocycles. The van der Waals surface area contributed by atoms with Gasteiger partial charge in [0.2, 0.25) is 29.5 Å². The zero-order valence-electron chi connectivity index (χ0n) is 25.3. The smallest absolute Gasteiger partial charge is 0.326 e. The molecular formula is C24H42N12O11. The normalized spacial score (nSPS) is 12.9. The SMILES string of the molecule is NC(N)=NCCC[C@H](NC(=O)CNC(=O)[C@H](CC(=O)O)NC(=O)[C@H](CCCN=C(N)N)NC(=O)CNC(=O)[C@@H](N)CC(=O)O)C(=O)O. The molecule has 0 saturated heterocycles. The maximum absolute atomic E-state index is 13.1. The molecule has 23 nitrogen and oxygen atoms in total. The molecule has 47 heavy (non-hydrogen) atoms. The van der Waals surface area contributed by atoms with Crippen molar-refractivity contribution in [3.05, 3.63) is 0 Å². The fraction of sp³-hybridized carbons (Fsp3) is 0.583. The van der Waals surface area contributed by atoms with E-state index in [-0.39, 0.29) is 50.7 Å². The average molecular weight is 675 g/mol. The van der Waals surface area contributed by atoms with Crippen LogP contribution in [0.5, 0.6) is 0 Å². The van der Waals surface area contributed by atoms with Gasteiger partial charge in [0.25, 0.3) is 0 Å². The molecule has 0 aliphatic rings. The first-order chi connectivity index (χ1) is 21.9. The summed E-state index contributed by atoms with van der Waals surface area (Å²) in [6, 6.07) is -5.98. The van der Waals surface area contributed by atoms with E-state index >= 15 is 0 Å². The molecule has 0 fully saturated rings. The van der Waals surface area contributed by atoms with Crippen molar-refractivity contribution < 1.29 is 53.7 Å². The molecule has 0 unspecified atom stereocenters. The van der Waals surface area contributed by atoms with Crippen molar-refractivity contribution in [1.29, 1.82) is 0 Å². The average Bonchev–Trinajstić information content (AvgIpc) is 2.96. The third-order valence-electron chi connectivity index (χ3n) is 5.76. The third-order valence-corrected chi connectivity index (χ3v) is 5.76. The van der Waals surface area contributed by atoms with Crippen LogP contribution in [-0.4, -0.2) is 125 Å². The first-order valence-corrected chi connectivity index (χ1v) is 13.9. The van der Waals surface area contributed by atoms with Crippen molar-refractivity contribution in [2.24, 2.45) is 38.7 Å². The van der Waals surface area contributed by atoms with E-state index in [2.05, 4.69) is 36.6 Å². The van der Waals surface area contributed by atoms with Crippen molar-refractivity contribution in [3.8, 4) is 0 Å². The predicted octanol–water partition coefficient (Wildman–Crippen LogP) is -6.86.